The van der Waals surface area contributed by atoms with Crippen LogP contribution in [0.5, 0.6) is 5.75 Å². The number of nitrogens with two attached hydrogens (primary N) is 1. The number of pyridine rings is 1. The van der Waals surface area contributed by atoms with Crippen molar-refractivity contribution in [3.8, 4) is 17.6 Å². The first-order valence-electron chi connectivity index (χ1n) is 6.34. The van der Waals surface area contributed by atoms with E-state index in [4.69, 9.17) is 10.5 Å². The number of amides is 1. The SMILES string of the molecule is COc1ccc(C(=O)Nc2ccccn2)cc1C#CCN. The molecule has 1 aromatic carbocycles. The third-order valence-electron chi connectivity index (χ3n) is 2.69. The second-order valence-electron chi connectivity index (χ2n) is 4.09. The summed E-state index contributed by atoms with van der Waals surface area (Å²) in [5.74, 6) is 6.47. The first-order valence-corrected chi connectivity index (χ1v) is 6.34. The summed E-state index contributed by atoms with van der Waals surface area (Å²) in [6.07, 6.45) is 1.61. The minimum absolute atomic E-state index is 0.244. The molecular formula is C16H15N3O2. The molecule has 2 aromatic rings. The molecule has 1 amide bonds. The second-order valence-corrected chi connectivity index (χ2v) is 4.09. The largest absolute Gasteiger partial charge is 0.495 e. The molecule has 1 heterocycles. The van der Waals surface area contributed by atoms with Gasteiger partial charge < -0.3 is 15.8 Å². The van der Waals surface area contributed by atoms with Crippen LogP contribution in [0, 0.1) is 11.8 Å². The molecule has 0 bridgehead atoms. The molecule has 0 aliphatic rings. The molecule has 0 aliphatic heterocycles. The molecule has 106 valence electrons. The number of methoxy groups -OCH3 is 1. The average molecular weight is 281 g/mol. The molecule has 0 atom stereocenters. The number of benzene rings is 1. The van der Waals surface area contributed by atoms with Gasteiger partial charge in [0.2, 0.25) is 0 Å². The van der Waals surface area contributed by atoms with Crippen molar-refractivity contribution in [3.63, 3.8) is 0 Å². The van der Waals surface area contributed by atoms with E-state index in [1.165, 1.54) is 0 Å². The molecular weight excluding hydrogens is 266 g/mol. The number of carbonyl (C=O) groups excluding carboxylic acids is 1. The third kappa shape index (κ3) is 3.81. The molecule has 0 spiro atoms. The summed E-state index contributed by atoms with van der Waals surface area (Å²) in [5, 5.41) is 2.72. The zero-order valence-electron chi connectivity index (χ0n) is 11.6. The summed E-state index contributed by atoms with van der Waals surface area (Å²) < 4.78 is 5.21. The van der Waals surface area contributed by atoms with E-state index in [1.807, 2.05) is 0 Å². The highest BCUT2D eigenvalue weighted by atomic mass is 16.5. The van der Waals surface area contributed by atoms with Crippen LogP contribution in [0.4, 0.5) is 5.82 Å². The van der Waals surface area contributed by atoms with Gasteiger partial charge in [0, 0.05) is 11.8 Å². The van der Waals surface area contributed by atoms with E-state index in [0.717, 1.165) is 0 Å². The van der Waals surface area contributed by atoms with Crippen molar-refractivity contribution in [2.24, 2.45) is 5.73 Å². The molecule has 5 heteroatoms. The van der Waals surface area contributed by atoms with Crippen LogP contribution in [0.3, 0.4) is 0 Å². The van der Waals surface area contributed by atoms with Crippen molar-refractivity contribution in [2.45, 2.75) is 0 Å². The fourth-order valence-electron chi connectivity index (χ4n) is 1.72. The van der Waals surface area contributed by atoms with Crippen molar-refractivity contribution in [3.05, 3.63) is 53.7 Å². The number of rotatable bonds is 3. The second kappa shape index (κ2) is 7.08. The zero-order chi connectivity index (χ0) is 15.1. The van der Waals surface area contributed by atoms with Gasteiger partial charge >= 0.3 is 0 Å². The minimum atomic E-state index is -0.257. The van der Waals surface area contributed by atoms with Crippen LogP contribution in [0.15, 0.2) is 42.6 Å². The Morgan fingerprint density at radius 2 is 2.24 bits per heavy atom. The number of anilines is 1. The molecule has 5 nitrogen and oxygen atoms in total. The lowest BCUT2D eigenvalue weighted by atomic mass is 10.1. The van der Waals surface area contributed by atoms with Crippen molar-refractivity contribution in [2.75, 3.05) is 19.0 Å². The lowest BCUT2D eigenvalue weighted by molar-refractivity contribution is 0.102. The summed E-state index contributed by atoms with van der Waals surface area (Å²) in [7, 11) is 1.55. The Morgan fingerprint density at radius 3 is 2.90 bits per heavy atom. The van der Waals surface area contributed by atoms with Crippen LogP contribution in [-0.4, -0.2) is 24.5 Å². The van der Waals surface area contributed by atoms with Crippen LogP contribution < -0.4 is 15.8 Å². The smallest absolute Gasteiger partial charge is 0.256 e. The van der Waals surface area contributed by atoms with Crippen LogP contribution in [-0.2, 0) is 0 Å². The van der Waals surface area contributed by atoms with Gasteiger partial charge in [-0.2, -0.15) is 0 Å². The van der Waals surface area contributed by atoms with E-state index in [0.29, 0.717) is 22.7 Å². The number of hydrogen-bond donors (Lipinski definition) is 2. The molecule has 0 unspecified atom stereocenters. The molecule has 0 fully saturated rings. The molecule has 21 heavy (non-hydrogen) atoms. The fourth-order valence-corrected chi connectivity index (χ4v) is 1.72. The first kappa shape index (κ1) is 14.6. The number of nitrogens with one attached hydrogen (secondary N) is 1. The van der Waals surface area contributed by atoms with Gasteiger partial charge in [0.05, 0.1) is 19.2 Å². The Morgan fingerprint density at radius 1 is 1.38 bits per heavy atom. The lowest BCUT2D eigenvalue weighted by Gasteiger charge is -2.07. The van der Waals surface area contributed by atoms with Crippen LogP contribution in [0.1, 0.15) is 15.9 Å². The molecule has 0 radical (unpaired) electrons. The fraction of sp³-hybridized carbons (Fsp3) is 0.125. The maximum absolute atomic E-state index is 12.2. The van der Waals surface area contributed by atoms with Gasteiger partial charge in [-0.3, -0.25) is 4.79 Å². The van der Waals surface area contributed by atoms with Crippen molar-refractivity contribution >= 4 is 11.7 Å². The Bertz CT molecular complexity index is 688. The quantitative estimate of drug-likeness (QED) is 0.839. The van der Waals surface area contributed by atoms with Crippen LogP contribution in [0.25, 0.3) is 0 Å². The van der Waals surface area contributed by atoms with Crippen molar-refractivity contribution in [1.82, 2.24) is 4.98 Å². The third-order valence-corrected chi connectivity index (χ3v) is 2.69. The highest BCUT2D eigenvalue weighted by molar-refractivity contribution is 6.04. The van der Waals surface area contributed by atoms with E-state index in [9.17, 15) is 4.79 Å². The normalized spacial score (nSPS) is 9.43. The molecule has 0 aliphatic carbocycles. The highest BCUT2D eigenvalue weighted by Gasteiger charge is 2.09. The average Bonchev–Trinajstić information content (AvgIpc) is 2.53. The van der Waals surface area contributed by atoms with Crippen LogP contribution in [0.2, 0.25) is 0 Å². The molecule has 0 saturated heterocycles. The molecule has 2 rings (SSSR count). The van der Waals surface area contributed by atoms with Gasteiger partial charge in [-0.1, -0.05) is 17.9 Å². The van der Waals surface area contributed by atoms with Gasteiger partial charge in [-0.15, -0.1) is 0 Å². The Kier molecular flexibility index (Phi) is 4.91. The standard InChI is InChI=1S/C16H15N3O2/c1-21-14-8-7-13(11-12(14)5-4-9-17)16(20)19-15-6-2-3-10-18-15/h2-3,6-8,10-11H,9,17H2,1H3,(H,18,19,20). The number of hydrogen-bond acceptors (Lipinski definition) is 4. The van der Waals surface area contributed by atoms with E-state index >= 15 is 0 Å². The number of ether oxygens (including phenoxy) is 1. The summed E-state index contributed by atoms with van der Waals surface area (Å²) in [4.78, 5) is 16.2. The first-order chi connectivity index (χ1) is 10.2. The van der Waals surface area contributed by atoms with Gasteiger partial charge in [0.1, 0.15) is 11.6 Å². The molecule has 1 aromatic heterocycles. The Balaban J connectivity index is 2.25. The summed E-state index contributed by atoms with van der Waals surface area (Å²) >= 11 is 0. The van der Waals surface area contributed by atoms with E-state index in [2.05, 4.69) is 22.1 Å². The van der Waals surface area contributed by atoms with Gasteiger partial charge in [-0.05, 0) is 30.3 Å². The highest BCUT2D eigenvalue weighted by Crippen LogP contribution is 2.19. The zero-order valence-corrected chi connectivity index (χ0v) is 11.6. The van der Waals surface area contributed by atoms with Crippen molar-refractivity contribution < 1.29 is 9.53 Å². The maximum Gasteiger partial charge on any atom is 0.256 e. The predicted octanol–water partition coefficient (Wildman–Crippen LogP) is 1.65. The number of aromatic nitrogens is 1. The van der Waals surface area contributed by atoms with E-state index in [1.54, 1.807) is 49.7 Å². The summed E-state index contributed by atoms with van der Waals surface area (Å²) in [5.41, 5.74) is 6.46. The van der Waals surface area contributed by atoms with Crippen molar-refractivity contribution in [1.29, 1.82) is 0 Å². The van der Waals surface area contributed by atoms with E-state index < -0.39 is 0 Å². The molecule has 3 N–H and O–H groups in total. The lowest BCUT2D eigenvalue weighted by Crippen LogP contribution is -2.13. The topological polar surface area (TPSA) is 77.2 Å². The Hall–Kier alpha value is -2.84. The number of nitrogens with zero attached hydrogens (tertiary/aromatic N) is 1. The van der Waals surface area contributed by atoms with E-state index in [-0.39, 0.29) is 12.5 Å². The monoisotopic (exact) mass is 281 g/mol. The van der Waals surface area contributed by atoms with Gasteiger partial charge in [-0.25, -0.2) is 4.98 Å². The summed E-state index contributed by atoms with van der Waals surface area (Å²) in [6, 6.07) is 10.3. The minimum Gasteiger partial charge on any atom is -0.495 e. The molecule has 0 saturated carbocycles. The van der Waals surface area contributed by atoms with Gasteiger partial charge in [0.25, 0.3) is 5.91 Å². The summed E-state index contributed by atoms with van der Waals surface area (Å²) in [6.45, 7) is 0.244. The number of carbonyl (C=O) groups is 1. The van der Waals surface area contributed by atoms with Crippen LogP contribution >= 0.6 is 0 Å². The predicted molar refractivity (Wildman–Crippen MR) is 81.1 cm³/mol. The van der Waals surface area contributed by atoms with Gasteiger partial charge in [0.15, 0.2) is 0 Å². The Labute approximate surface area is 123 Å². The maximum atomic E-state index is 12.2.